The van der Waals surface area contributed by atoms with Crippen molar-refractivity contribution in [2.75, 3.05) is 0 Å². The minimum absolute atomic E-state index is 0.515. The molecule has 2 aromatic rings. The van der Waals surface area contributed by atoms with Gasteiger partial charge in [-0.05, 0) is 20.8 Å². The average molecular weight is 271 g/mol. The average Bonchev–Trinajstić information content (AvgIpc) is 2.82. The van der Waals surface area contributed by atoms with E-state index in [1.807, 2.05) is 20.8 Å². The number of rotatable bonds is 4. The molecule has 8 heteroatoms. The van der Waals surface area contributed by atoms with Crippen LogP contribution in [0.3, 0.4) is 0 Å². The molecule has 0 aromatic carbocycles. The quantitative estimate of drug-likeness (QED) is 0.846. The zero-order valence-corrected chi connectivity index (χ0v) is 11.4. The zero-order chi connectivity index (χ0) is 12.5. The summed E-state index contributed by atoms with van der Waals surface area (Å²) in [6.07, 6.45) is 0. The van der Waals surface area contributed by atoms with E-state index in [1.165, 1.54) is 11.8 Å². The summed E-state index contributed by atoms with van der Waals surface area (Å²) in [4.78, 5) is 4.24. The van der Waals surface area contributed by atoms with Crippen LogP contribution in [0.4, 0.5) is 0 Å². The van der Waals surface area contributed by atoms with Gasteiger partial charge in [0.2, 0.25) is 5.89 Å². The van der Waals surface area contributed by atoms with E-state index < -0.39 is 5.54 Å². The second-order valence-corrected chi connectivity index (χ2v) is 6.51. The number of nitrogens with two attached hydrogens (primary N) is 1. The van der Waals surface area contributed by atoms with Crippen molar-refractivity contribution in [3.8, 4) is 0 Å². The molecule has 0 amide bonds. The molecular formula is C9H13N5OS2. The van der Waals surface area contributed by atoms with Crippen molar-refractivity contribution in [2.45, 2.75) is 36.4 Å². The fourth-order valence-corrected chi connectivity index (χ4v) is 2.69. The maximum atomic E-state index is 5.87. The summed E-state index contributed by atoms with van der Waals surface area (Å²) in [5.41, 5.74) is 5.29. The van der Waals surface area contributed by atoms with Gasteiger partial charge in [-0.15, -0.1) is 10.2 Å². The number of hydrogen-bond donors (Lipinski definition) is 1. The molecule has 0 fully saturated rings. The van der Waals surface area contributed by atoms with Gasteiger partial charge in [0.05, 0.1) is 11.3 Å². The van der Waals surface area contributed by atoms with E-state index in [9.17, 15) is 0 Å². The molecule has 6 nitrogen and oxygen atoms in total. The molecule has 0 saturated heterocycles. The first-order valence-electron chi connectivity index (χ1n) is 5.00. The summed E-state index contributed by atoms with van der Waals surface area (Å²) < 4.78 is 6.01. The highest BCUT2D eigenvalue weighted by Gasteiger charge is 2.21. The predicted octanol–water partition coefficient (Wildman–Crippen LogP) is 1.72. The van der Waals surface area contributed by atoms with Gasteiger partial charge in [-0.1, -0.05) is 28.3 Å². The first-order chi connectivity index (χ1) is 7.95. The lowest BCUT2D eigenvalue weighted by atomic mass is 10.1. The van der Waals surface area contributed by atoms with Crippen molar-refractivity contribution in [1.82, 2.24) is 20.3 Å². The van der Waals surface area contributed by atoms with E-state index in [0.717, 1.165) is 9.35 Å². The van der Waals surface area contributed by atoms with E-state index in [4.69, 9.17) is 10.3 Å². The van der Waals surface area contributed by atoms with Crippen molar-refractivity contribution in [2.24, 2.45) is 5.73 Å². The fraction of sp³-hybridized carbons (Fsp3) is 0.556. The standard InChI is InChI=1S/C9H13N5OS2/c1-5-12-13-8(17-5)16-4-6-11-7(14-15-6)9(2,3)10/h4,10H2,1-3H3. The summed E-state index contributed by atoms with van der Waals surface area (Å²) in [5, 5.41) is 12.7. The van der Waals surface area contributed by atoms with E-state index >= 15 is 0 Å². The van der Waals surface area contributed by atoms with Crippen LogP contribution in [0.2, 0.25) is 0 Å². The van der Waals surface area contributed by atoms with Crippen molar-refractivity contribution >= 4 is 23.1 Å². The number of hydrogen-bond acceptors (Lipinski definition) is 8. The van der Waals surface area contributed by atoms with Crippen molar-refractivity contribution in [3.63, 3.8) is 0 Å². The Hall–Kier alpha value is -0.990. The van der Waals surface area contributed by atoms with Gasteiger partial charge in [0.1, 0.15) is 5.01 Å². The molecule has 2 N–H and O–H groups in total. The highest BCUT2D eigenvalue weighted by Crippen LogP contribution is 2.25. The molecule has 0 bridgehead atoms. The van der Waals surface area contributed by atoms with Crippen LogP contribution < -0.4 is 5.73 Å². The molecule has 0 aliphatic carbocycles. The second-order valence-electron chi connectivity index (χ2n) is 4.11. The van der Waals surface area contributed by atoms with Crippen LogP contribution in [0.5, 0.6) is 0 Å². The van der Waals surface area contributed by atoms with E-state index in [-0.39, 0.29) is 0 Å². The van der Waals surface area contributed by atoms with Gasteiger partial charge in [0, 0.05) is 0 Å². The maximum Gasteiger partial charge on any atom is 0.237 e. The number of thioether (sulfide) groups is 1. The molecule has 0 radical (unpaired) electrons. The third-order valence-electron chi connectivity index (χ3n) is 1.87. The van der Waals surface area contributed by atoms with Crippen LogP contribution in [-0.2, 0) is 11.3 Å². The SMILES string of the molecule is Cc1nnc(SCc2nc(C(C)(C)N)no2)s1. The van der Waals surface area contributed by atoms with Crippen LogP contribution in [0.25, 0.3) is 0 Å². The van der Waals surface area contributed by atoms with E-state index in [1.54, 1.807) is 11.3 Å². The van der Waals surface area contributed by atoms with Crippen molar-refractivity contribution in [3.05, 3.63) is 16.7 Å². The van der Waals surface area contributed by atoms with Crippen LogP contribution in [-0.4, -0.2) is 20.3 Å². The highest BCUT2D eigenvalue weighted by atomic mass is 32.2. The molecule has 0 aliphatic heterocycles. The largest absolute Gasteiger partial charge is 0.338 e. The summed E-state index contributed by atoms with van der Waals surface area (Å²) >= 11 is 3.07. The Morgan fingerprint density at radius 3 is 2.71 bits per heavy atom. The highest BCUT2D eigenvalue weighted by molar-refractivity contribution is 8.00. The van der Waals surface area contributed by atoms with Crippen LogP contribution in [0.15, 0.2) is 8.86 Å². The van der Waals surface area contributed by atoms with Crippen LogP contribution in [0.1, 0.15) is 30.6 Å². The molecular weight excluding hydrogens is 258 g/mol. The topological polar surface area (TPSA) is 90.7 Å². The molecule has 0 spiro atoms. The molecule has 0 saturated carbocycles. The fourth-order valence-electron chi connectivity index (χ4n) is 1.04. The third kappa shape index (κ3) is 3.24. The van der Waals surface area contributed by atoms with Gasteiger partial charge >= 0.3 is 0 Å². The van der Waals surface area contributed by atoms with Crippen LogP contribution in [0, 0.1) is 6.92 Å². The summed E-state index contributed by atoms with van der Waals surface area (Å²) in [6.45, 7) is 5.59. The molecule has 2 aromatic heterocycles. The van der Waals surface area contributed by atoms with Gasteiger partial charge in [-0.25, -0.2) is 0 Å². The van der Waals surface area contributed by atoms with Gasteiger partial charge in [0.25, 0.3) is 0 Å². The Morgan fingerprint density at radius 2 is 2.18 bits per heavy atom. The Morgan fingerprint density at radius 1 is 1.41 bits per heavy atom. The molecule has 2 heterocycles. The predicted molar refractivity (Wildman–Crippen MR) is 65.7 cm³/mol. The molecule has 2 rings (SSSR count). The summed E-state index contributed by atoms with van der Waals surface area (Å²) in [5.74, 6) is 1.65. The Labute approximate surface area is 107 Å². The minimum Gasteiger partial charge on any atom is -0.338 e. The summed E-state index contributed by atoms with van der Waals surface area (Å²) in [6, 6.07) is 0. The molecule has 17 heavy (non-hydrogen) atoms. The summed E-state index contributed by atoms with van der Waals surface area (Å²) in [7, 11) is 0. The lowest BCUT2D eigenvalue weighted by molar-refractivity contribution is 0.370. The van der Waals surface area contributed by atoms with Gasteiger partial charge in [-0.2, -0.15) is 4.98 Å². The minimum atomic E-state index is -0.578. The van der Waals surface area contributed by atoms with Crippen molar-refractivity contribution < 1.29 is 4.52 Å². The Bertz CT molecular complexity index is 501. The normalized spacial score (nSPS) is 12.0. The van der Waals surface area contributed by atoms with E-state index in [2.05, 4.69) is 20.3 Å². The van der Waals surface area contributed by atoms with Gasteiger partial charge in [0.15, 0.2) is 10.2 Å². The zero-order valence-electron chi connectivity index (χ0n) is 9.80. The number of aromatic nitrogens is 4. The molecule has 0 unspecified atom stereocenters. The molecule has 92 valence electrons. The second kappa shape index (κ2) is 4.71. The lowest BCUT2D eigenvalue weighted by Gasteiger charge is -2.11. The lowest BCUT2D eigenvalue weighted by Crippen LogP contribution is -2.30. The Balaban J connectivity index is 1.98. The molecule has 0 atom stereocenters. The third-order valence-corrected chi connectivity index (χ3v) is 3.83. The van der Waals surface area contributed by atoms with E-state index in [0.29, 0.717) is 17.5 Å². The van der Waals surface area contributed by atoms with Gasteiger partial charge in [-0.3, -0.25) is 0 Å². The van der Waals surface area contributed by atoms with Crippen molar-refractivity contribution in [1.29, 1.82) is 0 Å². The molecule has 0 aliphatic rings. The first-order valence-corrected chi connectivity index (χ1v) is 6.80. The maximum absolute atomic E-state index is 5.87. The van der Waals surface area contributed by atoms with Gasteiger partial charge < -0.3 is 10.3 Å². The monoisotopic (exact) mass is 271 g/mol. The van der Waals surface area contributed by atoms with Crippen LogP contribution >= 0.6 is 23.1 Å². The smallest absolute Gasteiger partial charge is 0.237 e. The Kier molecular flexibility index (Phi) is 3.45. The number of aryl methyl sites for hydroxylation is 1. The number of nitrogens with zero attached hydrogens (tertiary/aromatic N) is 4. The first kappa shape index (κ1) is 12.5.